The van der Waals surface area contributed by atoms with Gasteiger partial charge in [0.05, 0.1) is 0 Å². The molecular formula is C7H6N4Os+2. The standard InChI is InChI=1S/C7H6N4.Os/c1-2-4-8-6(3-1)7-9-5-10-11-7;/h1-5H,(H,9,10,11);/q;+2. The van der Waals surface area contributed by atoms with E-state index in [0.29, 0.717) is 5.82 Å². The molecule has 0 aromatic carbocycles. The molecule has 0 radical (unpaired) electrons. The molecule has 0 amide bonds. The average molecular weight is 336 g/mol. The third-order valence-corrected chi connectivity index (χ3v) is 1.32. The van der Waals surface area contributed by atoms with Gasteiger partial charge in [0.1, 0.15) is 12.0 Å². The molecule has 0 saturated carbocycles. The van der Waals surface area contributed by atoms with Gasteiger partial charge in [0, 0.05) is 6.20 Å². The zero-order valence-corrected chi connectivity index (χ0v) is 8.62. The van der Waals surface area contributed by atoms with Gasteiger partial charge in [0.2, 0.25) is 0 Å². The Labute approximate surface area is 82.5 Å². The van der Waals surface area contributed by atoms with Crippen LogP contribution in [0.3, 0.4) is 0 Å². The summed E-state index contributed by atoms with van der Waals surface area (Å²) >= 11 is 0. The van der Waals surface area contributed by atoms with Crippen LogP contribution in [0, 0.1) is 0 Å². The third kappa shape index (κ3) is 1.75. The van der Waals surface area contributed by atoms with E-state index in [9.17, 15) is 0 Å². The Morgan fingerprint density at radius 1 is 1.17 bits per heavy atom. The maximum Gasteiger partial charge on any atom is 2.00 e. The number of rotatable bonds is 1. The molecule has 60 valence electrons. The zero-order chi connectivity index (χ0) is 7.52. The molecule has 2 heterocycles. The van der Waals surface area contributed by atoms with Gasteiger partial charge in [-0.05, 0) is 12.1 Å². The third-order valence-electron chi connectivity index (χ3n) is 1.32. The summed E-state index contributed by atoms with van der Waals surface area (Å²) in [7, 11) is 0. The van der Waals surface area contributed by atoms with Crippen molar-refractivity contribution in [3.63, 3.8) is 0 Å². The monoisotopic (exact) mass is 338 g/mol. The Kier molecular flexibility index (Phi) is 3.06. The largest absolute Gasteiger partial charge is 2.00 e. The Bertz CT molecular complexity index is 318. The number of aromatic nitrogens is 4. The molecule has 0 unspecified atom stereocenters. The van der Waals surface area contributed by atoms with Gasteiger partial charge in [-0.1, -0.05) is 6.07 Å². The first-order chi connectivity index (χ1) is 5.47. The van der Waals surface area contributed by atoms with E-state index in [2.05, 4.69) is 20.2 Å². The molecule has 0 atom stereocenters. The second-order valence-corrected chi connectivity index (χ2v) is 2.05. The van der Waals surface area contributed by atoms with E-state index in [0.717, 1.165) is 5.69 Å². The molecule has 5 heteroatoms. The number of hydrogen-bond donors (Lipinski definition) is 1. The summed E-state index contributed by atoms with van der Waals surface area (Å²) in [4.78, 5) is 8.04. The summed E-state index contributed by atoms with van der Waals surface area (Å²) in [6.07, 6.45) is 3.18. The van der Waals surface area contributed by atoms with Crippen molar-refractivity contribution in [3.05, 3.63) is 30.7 Å². The van der Waals surface area contributed by atoms with E-state index in [-0.39, 0.29) is 19.8 Å². The minimum atomic E-state index is 0. The van der Waals surface area contributed by atoms with Crippen LogP contribution in [-0.2, 0) is 19.8 Å². The number of nitrogens with zero attached hydrogens (tertiary/aromatic N) is 3. The van der Waals surface area contributed by atoms with Crippen molar-refractivity contribution in [2.75, 3.05) is 0 Å². The Morgan fingerprint density at radius 3 is 2.67 bits per heavy atom. The number of H-pyrrole nitrogens is 1. The topological polar surface area (TPSA) is 54.5 Å². The molecule has 0 aliphatic carbocycles. The van der Waals surface area contributed by atoms with Crippen molar-refractivity contribution >= 4 is 0 Å². The summed E-state index contributed by atoms with van der Waals surface area (Å²) in [5.74, 6) is 0.700. The normalized spacial score (nSPS) is 9.00. The second kappa shape index (κ2) is 4.08. The van der Waals surface area contributed by atoms with Crippen LogP contribution in [-0.4, -0.2) is 20.2 Å². The average Bonchev–Trinajstić information content (AvgIpc) is 2.58. The van der Waals surface area contributed by atoms with Gasteiger partial charge in [-0.25, -0.2) is 4.98 Å². The van der Waals surface area contributed by atoms with Gasteiger partial charge in [0.15, 0.2) is 5.82 Å². The summed E-state index contributed by atoms with van der Waals surface area (Å²) < 4.78 is 0. The van der Waals surface area contributed by atoms with Crippen molar-refractivity contribution in [1.29, 1.82) is 0 Å². The maximum atomic E-state index is 4.09. The van der Waals surface area contributed by atoms with Crippen LogP contribution >= 0.6 is 0 Å². The summed E-state index contributed by atoms with van der Waals surface area (Å²) in [5.41, 5.74) is 0.810. The predicted octanol–water partition coefficient (Wildman–Crippen LogP) is 0.864. The first-order valence-corrected chi connectivity index (χ1v) is 3.23. The molecule has 1 N–H and O–H groups in total. The summed E-state index contributed by atoms with van der Waals surface area (Å²) in [6.45, 7) is 0. The fraction of sp³-hybridized carbons (Fsp3) is 0. The molecule has 2 rings (SSSR count). The summed E-state index contributed by atoms with van der Waals surface area (Å²) in [5, 5.41) is 6.45. The van der Waals surface area contributed by atoms with Crippen molar-refractivity contribution in [2.24, 2.45) is 0 Å². The van der Waals surface area contributed by atoms with Crippen LogP contribution in [0.5, 0.6) is 0 Å². The Hall–Kier alpha value is -1.07. The molecule has 0 spiro atoms. The smallest absolute Gasteiger partial charge is 0.258 e. The minimum absolute atomic E-state index is 0. The SMILES string of the molecule is [Os+2].c1ccc(-c2ncn[nH]2)nc1. The fourth-order valence-electron chi connectivity index (χ4n) is 0.832. The molecule has 0 aliphatic heterocycles. The van der Waals surface area contributed by atoms with E-state index in [1.807, 2.05) is 18.2 Å². The predicted molar refractivity (Wildman–Crippen MR) is 39.6 cm³/mol. The second-order valence-electron chi connectivity index (χ2n) is 2.05. The van der Waals surface area contributed by atoms with Crippen molar-refractivity contribution in [2.45, 2.75) is 0 Å². The molecule has 12 heavy (non-hydrogen) atoms. The van der Waals surface area contributed by atoms with E-state index < -0.39 is 0 Å². The van der Waals surface area contributed by atoms with Crippen LogP contribution in [0.15, 0.2) is 30.7 Å². The maximum absolute atomic E-state index is 4.09. The minimum Gasteiger partial charge on any atom is -0.258 e. The van der Waals surface area contributed by atoms with Crippen LogP contribution in [0.2, 0.25) is 0 Å². The summed E-state index contributed by atoms with van der Waals surface area (Å²) in [6, 6.07) is 5.64. The molecule has 4 nitrogen and oxygen atoms in total. The first kappa shape index (κ1) is 9.02. The molecular weight excluding hydrogens is 330 g/mol. The Morgan fingerprint density at radius 2 is 2.08 bits per heavy atom. The van der Waals surface area contributed by atoms with Gasteiger partial charge in [-0.2, -0.15) is 5.10 Å². The van der Waals surface area contributed by atoms with E-state index in [1.54, 1.807) is 6.20 Å². The van der Waals surface area contributed by atoms with Gasteiger partial charge in [-0.3, -0.25) is 10.1 Å². The molecule has 2 aromatic rings. The van der Waals surface area contributed by atoms with Gasteiger partial charge in [-0.15, -0.1) is 0 Å². The van der Waals surface area contributed by atoms with E-state index in [4.69, 9.17) is 0 Å². The first-order valence-electron chi connectivity index (χ1n) is 3.23. The Balaban J connectivity index is 0.000000720. The molecule has 0 fully saturated rings. The van der Waals surface area contributed by atoms with E-state index in [1.165, 1.54) is 6.33 Å². The van der Waals surface area contributed by atoms with Crippen LogP contribution in [0.25, 0.3) is 11.5 Å². The van der Waals surface area contributed by atoms with Gasteiger partial charge >= 0.3 is 19.8 Å². The van der Waals surface area contributed by atoms with Crippen LogP contribution < -0.4 is 0 Å². The van der Waals surface area contributed by atoms with Crippen molar-refractivity contribution < 1.29 is 19.8 Å². The molecule has 0 aliphatic rings. The molecule has 2 aromatic heterocycles. The van der Waals surface area contributed by atoms with Crippen molar-refractivity contribution in [1.82, 2.24) is 20.2 Å². The zero-order valence-electron chi connectivity index (χ0n) is 6.08. The van der Waals surface area contributed by atoms with Gasteiger partial charge in [0.25, 0.3) is 0 Å². The van der Waals surface area contributed by atoms with Crippen LogP contribution in [0.1, 0.15) is 0 Å². The van der Waals surface area contributed by atoms with Crippen LogP contribution in [0.4, 0.5) is 0 Å². The molecule has 0 saturated heterocycles. The number of pyridine rings is 1. The quantitative estimate of drug-likeness (QED) is 0.841. The molecule has 0 bridgehead atoms. The number of hydrogen-bond acceptors (Lipinski definition) is 3. The van der Waals surface area contributed by atoms with E-state index >= 15 is 0 Å². The fourth-order valence-corrected chi connectivity index (χ4v) is 0.832. The van der Waals surface area contributed by atoms with Crippen molar-refractivity contribution in [3.8, 4) is 11.5 Å². The number of aromatic amines is 1. The van der Waals surface area contributed by atoms with Gasteiger partial charge < -0.3 is 0 Å². The number of nitrogens with one attached hydrogen (secondary N) is 1.